The highest BCUT2D eigenvalue weighted by atomic mass is 16.6. The summed E-state index contributed by atoms with van der Waals surface area (Å²) in [6.45, 7) is 1.89. The molecule has 0 aromatic carbocycles. The van der Waals surface area contributed by atoms with Gasteiger partial charge in [0.2, 0.25) is 0 Å². The van der Waals surface area contributed by atoms with Crippen LogP contribution in [-0.2, 0) is 6.42 Å². The molecule has 72 valence electrons. The fourth-order valence-corrected chi connectivity index (χ4v) is 0.949. The highest BCUT2D eigenvalue weighted by molar-refractivity contribution is 5.20. The van der Waals surface area contributed by atoms with Gasteiger partial charge in [-0.15, -0.1) is 5.10 Å². The first-order valence-electron chi connectivity index (χ1n) is 4.04. The molecule has 0 aliphatic rings. The molecule has 0 amide bonds. The third kappa shape index (κ3) is 2.83. The average Bonchev–Trinajstić information content (AvgIpc) is 2.48. The van der Waals surface area contributed by atoms with Crippen molar-refractivity contribution in [2.75, 3.05) is 0 Å². The molecule has 0 aliphatic carbocycles. The molecule has 1 rings (SSSR count). The van der Waals surface area contributed by atoms with E-state index < -0.39 is 4.92 Å². The van der Waals surface area contributed by atoms with E-state index in [1.807, 2.05) is 6.92 Å². The van der Waals surface area contributed by atoms with E-state index in [2.05, 4.69) is 10.2 Å². The van der Waals surface area contributed by atoms with Gasteiger partial charge in [0, 0.05) is 6.04 Å². The fourth-order valence-electron chi connectivity index (χ4n) is 0.949. The maximum absolute atomic E-state index is 10.3. The van der Waals surface area contributed by atoms with Gasteiger partial charge in [0.15, 0.2) is 0 Å². The van der Waals surface area contributed by atoms with E-state index in [9.17, 15) is 10.1 Å². The second-order valence-electron chi connectivity index (χ2n) is 3.02. The highest BCUT2D eigenvalue weighted by Crippen LogP contribution is 2.09. The Balaban J connectivity index is 2.54. The molecule has 1 aromatic rings. The number of nitro groups is 1. The Morgan fingerprint density at radius 3 is 3.00 bits per heavy atom. The summed E-state index contributed by atoms with van der Waals surface area (Å²) in [6.07, 6.45) is 1.45. The van der Waals surface area contributed by atoms with Crippen LogP contribution in [-0.4, -0.2) is 21.2 Å². The maximum atomic E-state index is 10.3. The molecule has 0 spiro atoms. The lowest BCUT2D eigenvalue weighted by molar-refractivity contribution is -0.389. The number of aromatic amines is 1. The van der Waals surface area contributed by atoms with E-state index in [1.165, 1.54) is 6.07 Å². The van der Waals surface area contributed by atoms with E-state index in [1.54, 1.807) is 0 Å². The Hall–Kier alpha value is -1.43. The zero-order valence-electron chi connectivity index (χ0n) is 7.36. The van der Waals surface area contributed by atoms with Gasteiger partial charge in [-0.2, -0.15) is 0 Å². The van der Waals surface area contributed by atoms with E-state index in [0.29, 0.717) is 12.1 Å². The molecule has 13 heavy (non-hydrogen) atoms. The lowest BCUT2D eigenvalue weighted by Crippen LogP contribution is -2.15. The topological polar surface area (TPSA) is 97.8 Å². The molecule has 1 aromatic heterocycles. The lowest BCUT2D eigenvalue weighted by atomic mass is 10.1. The number of rotatable bonds is 4. The number of nitrogens with one attached hydrogen (secondary N) is 1. The van der Waals surface area contributed by atoms with Crippen molar-refractivity contribution in [1.29, 1.82) is 0 Å². The fraction of sp³-hybridized carbons (Fsp3) is 0.571. The summed E-state index contributed by atoms with van der Waals surface area (Å²) in [4.78, 5) is 9.76. The monoisotopic (exact) mass is 184 g/mol. The van der Waals surface area contributed by atoms with Gasteiger partial charge in [0.1, 0.15) is 0 Å². The predicted molar refractivity (Wildman–Crippen MR) is 47.2 cm³/mol. The second-order valence-corrected chi connectivity index (χ2v) is 3.02. The third-order valence-corrected chi connectivity index (χ3v) is 1.67. The van der Waals surface area contributed by atoms with Crippen molar-refractivity contribution >= 4 is 5.82 Å². The Bertz CT molecular complexity index is 294. The smallest absolute Gasteiger partial charge is 0.342 e. The van der Waals surface area contributed by atoms with E-state index in [0.717, 1.165) is 6.42 Å². The molecule has 3 N–H and O–H groups in total. The maximum Gasteiger partial charge on any atom is 0.342 e. The molecule has 1 heterocycles. The van der Waals surface area contributed by atoms with Gasteiger partial charge in [0.05, 0.1) is 11.8 Å². The van der Waals surface area contributed by atoms with Crippen LogP contribution in [0.1, 0.15) is 19.0 Å². The summed E-state index contributed by atoms with van der Waals surface area (Å²) in [5.41, 5.74) is 6.22. The van der Waals surface area contributed by atoms with Gasteiger partial charge in [0.25, 0.3) is 0 Å². The summed E-state index contributed by atoms with van der Waals surface area (Å²) in [7, 11) is 0. The Morgan fingerprint density at radius 1 is 1.85 bits per heavy atom. The molecule has 0 fully saturated rings. The molecule has 0 unspecified atom stereocenters. The summed E-state index contributed by atoms with van der Waals surface area (Å²) in [5.74, 6) is -0.0697. The van der Waals surface area contributed by atoms with Crippen LogP contribution >= 0.6 is 0 Å². The minimum Gasteiger partial charge on any atom is -0.358 e. The molecular weight excluding hydrogens is 172 g/mol. The van der Waals surface area contributed by atoms with E-state index >= 15 is 0 Å². The number of hydrogen-bond acceptors (Lipinski definition) is 4. The number of nitrogens with zero attached hydrogens (tertiary/aromatic N) is 2. The molecule has 0 saturated heterocycles. The van der Waals surface area contributed by atoms with Crippen molar-refractivity contribution < 1.29 is 4.92 Å². The zero-order chi connectivity index (χ0) is 9.84. The van der Waals surface area contributed by atoms with Gasteiger partial charge < -0.3 is 15.8 Å². The number of H-pyrrole nitrogens is 1. The largest absolute Gasteiger partial charge is 0.358 e. The molecule has 0 radical (unpaired) electrons. The number of aromatic nitrogens is 2. The van der Waals surface area contributed by atoms with Crippen LogP contribution in [0.2, 0.25) is 0 Å². The van der Waals surface area contributed by atoms with Crippen LogP contribution in [0.15, 0.2) is 6.07 Å². The van der Waals surface area contributed by atoms with Crippen LogP contribution in [0.4, 0.5) is 5.82 Å². The normalized spacial score (nSPS) is 12.8. The van der Waals surface area contributed by atoms with Gasteiger partial charge in [-0.3, -0.25) is 0 Å². The van der Waals surface area contributed by atoms with Crippen molar-refractivity contribution in [3.63, 3.8) is 0 Å². The van der Waals surface area contributed by atoms with E-state index in [4.69, 9.17) is 5.73 Å². The van der Waals surface area contributed by atoms with Crippen molar-refractivity contribution in [1.82, 2.24) is 10.2 Å². The number of hydrogen-bond donors (Lipinski definition) is 2. The van der Waals surface area contributed by atoms with Gasteiger partial charge in [-0.05, 0) is 24.7 Å². The van der Waals surface area contributed by atoms with Crippen LogP contribution < -0.4 is 5.73 Å². The summed E-state index contributed by atoms with van der Waals surface area (Å²) < 4.78 is 0. The molecule has 1 atom stereocenters. The average molecular weight is 184 g/mol. The Morgan fingerprint density at radius 2 is 2.54 bits per heavy atom. The van der Waals surface area contributed by atoms with Gasteiger partial charge >= 0.3 is 5.82 Å². The molecule has 0 saturated carbocycles. The Labute approximate surface area is 75.3 Å². The standard InChI is InChI=1S/C7H12N4O2/c1-5(8)2-3-6-4-7(10-9-6)11(12)13/h4-5H,2-3,8H2,1H3,(H,9,10)/t5-/m1/s1. The van der Waals surface area contributed by atoms with Crippen LogP contribution in [0.5, 0.6) is 0 Å². The quantitative estimate of drug-likeness (QED) is 0.528. The second kappa shape index (κ2) is 3.99. The highest BCUT2D eigenvalue weighted by Gasteiger charge is 2.09. The SMILES string of the molecule is C[C@@H](N)CCc1cc([N+](=O)[O-])[nH]n1. The first-order valence-corrected chi connectivity index (χ1v) is 4.04. The number of aryl methyl sites for hydroxylation is 1. The number of nitrogens with two attached hydrogens (primary N) is 1. The third-order valence-electron chi connectivity index (χ3n) is 1.67. The van der Waals surface area contributed by atoms with Gasteiger partial charge in [-0.25, -0.2) is 0 Å². The van der Waals surface area contributed by atoms with Crippen molar-refractivity contribution in [3.8, 4) is 0 Å². The minimum atomic E-state index is -0.498. The van der Waals surface area contributed by atoms with Crippen LogP contribution in [0.25, 0.3) is 0 Å². The lowest BCUT2D eigenvalue weighted by Gasteiger charge is -1.99. The van der Waals surface area contributed by atoms with Crippen molar-refractivity contribution in [3.05, 3.63) is 21.9 Å². The van der Waals surface area contributed by atoms with E-state index in [-0.39, 0.29) is 11.9 Å². The summed E-state index contributed by atoms with van der Waals surface area (Å²) in [6, 6.07) is 1.53. The summed E-state index contributed by atoms with van der Waals surface area (Å²) >= 11 is 0. The predicted octanol–water partition coefficient (Wildman–Crippen LogP) is 0.598. The van der Waals surface area contributed by atoms with Gasteiger partial charge in [-0.1, -0.05) is 5.10 Å². The molecule has 0 aliphatic heterocycles. The molecule has 6 heteroatoms. The van der Waals surface area contributed by atoms with Crippen molar-refractivity contribution in [2.24, 2.45) is 5.73 Å². The van der Waals surface area contributed by atoms with Crippen LogP contribution in [0, 0.1) is 10.1 Å². The molecule has 6 nitrogen and oxygen atoms in total. The molecular formula is C7H12N4O2. The summed E-state index contributed by atoms with van der Waals surface area (Å²) in [5, 5.41) is 16.4. The minimum absolute atomic E-state index is 0.0697. The van der Waals surface area contributed by atoms with Crippen molar-refractivity contribution in [2.45, 2.75) is 25.8 Å². The molecule has 0 bridgehead atoms. The van der Waals surface area contributed by atoms with Crippen LogP contribution in [0.3, 0.4) is 0 Å². The zero-order valence-corrected chi connectivity index (χ0v) is 7.36. The Kier molecular flexibility index (Phi) is 2.97. The first-order chi connectivity index (χ1) is 6.09. The first kappa shape index (κ1) is 9.66.